The predicted octanol–water partition coefficient (Wildman–Crippen LogP) is 4.16. The van der Waals surface area contributed by atoms with E-state index in [9.17, 15) is 0 Å². The third kappa shape index (κ3) is 4.38. The predicted molar refractivity (Wildman–Crippen MR) is 80.9 cm³/mol. The molecule has 0 fully saturated rings. The molecule has 2 rings (SSSR count). The Labute approximate surface area is 136 Å². The Balaban J connectivity index is 2.15. The molecule has 0 aromatic heterocycles. The van der Waals surface area contributed by atoms with Gasteiger partial charge in [-0.3, -0.25) is 0 Å². The summed E-state index contributed by atoms with van der Waals surface area (Å²) in [5, 5.41) is 0. The molecule has 1 atom stereocenters. The number of amidine groups is 1. The van der Waals surface area contributed by atoms with E-state index in [0.717, 1.165) is 14.6 Å². The number of benzene rings is 2. The first-order chi connectivity index (χ1) is 9.66. The number of hydrogen-bond acceptors (Lipinski definition) is 1. The Morgan fingerprint density at radius 2 is 1.50 bits per heavy atom. The third-order valence-corrected chi connectivity index (χ3v) is 4.44. The SMILES string of the molecule is C/C(=N\[C]([Hg])=NC(C)c1ccccc1)c1ccccc1. The van der Waals surface area contributed by atoms with Crippen molar-refractivity contribution in [3.05, 3.63) is 71.8 Å². The second-order valence-electron chi connectivity index (χ2n) is 4.70. The van der Waals surface area contributed by atoms with Crippen molar-refractivity contribution in [2.24, 2.45) is 9.98 Å². The molecule has 0 N–H and O–H groups in total. The zero-order valence-electron chi connectivity index (χ0n) is 12.0. The Kier molecular flexibility index (Phi) is 5.66. The first kappa shape index (κ1) is 15.1. The van der Waals surface area contributed by atoms with Crippen molar-refractivity contribution in [3.8, 4) is 0 Å². The van der Waals surface area contributed by atoms with Gasteiger partial charge in [-0.25, -0.2) is 0 Å². The monoisotopic (exact) mass is 451 g/mol. The molecule has 0 amide bonds. The maximum absolute atomic E-state index is 4.73. The summed E-state index contributed by atoms with van der Waals surface area (Å²) in [5.74, 6) is 0. The van der Waals surface area contributed by atoms with Gasteiger partial charge >= 0.3 is 137 Å². The van der Waals surface area contributed by atoms with Gasteiger partial charge in [0.1, 0.15) is 0 Å². The van der Waals surface area contributed by atoms with Crippen LogP contribution in [-0.2, 0) is 26.1 Å². The molecule has 2 aromatic carbocycles. The fourth-order valence-electron chi connectivity index (χ4n) is 2.00. The van der Waals surface area contributed by atoms with Crippen LogP contribution in [0.2, 0.25) is 0 Å². The second kappa shape index (κ2) is 7.48. The first-order valence-electron chi connectivity index (χ1n) is 6.72. The molecule has 97 valence electrons. The van der Waals surface area contributed by atoms with E-state index in [1.54, 1.807) is 0 Å². The van der Waals surface area contributed by atoms with Crippen molar-refractivity contribution in [2.45, 2.75) is 19.9 Å². The van der Waals surface area contributed by atoms with Gasteiger partial charge in [-0.1, -0.05) is 0 Å². The number of aliphatic imine (C=N–C) groups is 2. The van der Waals surface area contributed by atoms with Crippen LogP contribution in [0.25, 0.3) is 0 Å². The van der Waals surface area contributed by atoms with E-state index in [4.69, 9.17) is 4.99 Å². The van der Waals surface area contributed by atoms with Crippen molar-refractivity contribution >= 4 is 9.06 Å². The summed E-state index contributed by atoms with van der Waals surface area (Å²) in [6.45, 7) is 4.17. The molecule has 2 aromatic rings. The molecule has 0 aliphatic heterocycles. The molecule has 1 unspecified atom stereocenters. The molecule has 0 radical (unpaired) electrons. The maximum atomic E-state index is 4.73. The summed E-state index contributed by atoms with van der Waals surface area (Å²) >= 11 is 0.409. The van der Waals surface area contributed by atoms with E-state index in [2.05, 4.69) is 48.3 Å². The first-order valence-corrected chi connectivity index (χ1v) is 9.47. The molecular formula is C17H17HgN2. The van der Waals surface area contributed by atoms with Gasteiger partial charge in [-0.15, -0.1) is 0 Å². The van der Waals surface area contributed by atoms with Gasteiger partial charge in [0.05, 0.1) is 0 Å². The standard InChI is InChI=1S/C17H17N2.Hg/c1-14(16-9-5-3-6-10-16)18-13-19-15(2)17-11-7-4-8-12-17;/h3-12,14H,1-2H3;/b18-13?,19-15+;. The van der Waals surface area contributed by atoms with Crippen LogP contribution in [0, 0.1) is 0 Å². The van der Waals surface area contributed by atoms with E-state index in [-0.39, 0.29) is 6.04 Å². The topological polar surface area (TPSA) is 24.7 Å². The van der Waals surface area contributed by atoms with Crippen LogP contribution >= 0.6 is 0 Å². The van der Waals surface area contributed by atoms with E-state index < -0.39 is 0 Å². The Hall–Kier alpha value is -1.28. The van der Waals surface area contributed by atoms with Crippen molar-refractivity contribution < 1.29 is 26.1 Å². The normalized spacial score (nSPS) is 14.2. The molecule has 2 nitrogen and oxygen atoms in total. The van der Waals surface area contributed by atoms with Gasteiger partial charge in [-0.05, 0) is 0 Å². The van der Waals surface area contributed by atoms with Crippen LogP contribution in [0.15, 0.2) is 70.6 Å². The van der Waals surface area contributed by atoms with Crippen molar-refractivity contribution in [2.75, 3.05) is 0 Å². The second-order valence-corrected chi connectivity index (χ2v) is 7.15. The molecule has 3 heteroatoms. The molecule has 0 aliphatic rings. The molecule has 0 aliphatic carbocycles. The van der Waals surface area contributed by atoms with Gasteiger partial charge < -0.3 is 0 Å². The van der Waals surface area contributed by atoms with Crippen molar-refractivity contribution in [1.29, 1.82) is 0 Å². The zero-order chi connectivity index (χ0) is 14.4. The molecule has 0 spiro atoms. The summed E-state index contributed by atoms with van der Waals surface area (Å²) in [7, 11) is 0. The molecule has 0 saturated heterocycles. The quantitative estimate of drug-likeness (QED) is 0.382. The molecule has 0 bridgehead atoms. The molecule has 0 saturated carbocycles. The molecule has 20 heavy (non-hydrogen) atoms. The summed E-state index contributed by atoms with van der Waals surface area (Å²) in [6.07, 6.45) is 0. The van der Waals surface area contributed by atoms with Crippen molar-refractivity contribution in [3.63, 3.8) is 0 Å². The van der Waals surface area contributed by atoms with Crippen LogP contribution in [0.3, 0.4) is 0 Å². The minimum absolute atomic E-state index is 0.177. The van der Waals surface area contributed by atoms with Crippen LogP contribution in [0.1, 0.15) is 31.0 Å². The fraction of sp³-hybridized carbons (Fsp3) is 0.176. The number of rotatable bonds is 3. The summed E-state index contributed by atoms with van der Waals surface area (Å²) < 4.78 is 1.00. The zero-order valence-corrected chi connectivity index (χ0v) is 17.5. The van der Waals surface area contributed by atoms with Gasteiger partial charge in [0, 0.05) is 0 Å². The van der Waals surface area contributed by atoms with E-state index in [1.165, 1.54) is 5.56 Å². The van der Waals surface area contributed by atoms with Gasteiger partial charge in [0.15, 0.2) is 0 Å². The molecular weight excluding hydrogens is 433 g/mol. The fourth-order valence-corrected chi connectivity index (χ4v) is 3.98. The molecule has 0 heterocycles. The summed E-state index contributed by atoms with van der Waals surface area (Å²) in [6, 6.07) is 20.8. The minimum atomic E-state index is 0.177. The van der Waals surface area contributed by atoms with E-state index >= 15 is 0 Å². The van der Waals surface area contributed by atoms with E-state index in [1.807, 2.05) is 31.2 Å². The van der Waals surface area contributed by atoms with Crippen LogP contribution in [0.5, 0.6) is 0 Å². The van der Waals surface area contributed by atoms with Crippen LogP contribution in [0.4, 0.5) is 0 Å². The Morgan fingerprint density at radius 1 is 0.950 bits per heavy atom. The number of hydrogen-bond donors (Lipinski definition) is 0. The Morgan fingerprint density at radius 3 is 2.10 bits per heavy atom. The van der Waals surface area contributed by atoms with Crippen LogP contribution < -0.4 is 0 Å². The number of nitrogens with zero attached hydrogens (tertiary/aromatic N) is 2. The Bertz CT molecular complexity index is 603. The van der Waals surface area contributed by atoms with Crippen LogP contribution in [-0.4, -0.2) is 9.06 Å². The summed E-state index contributed by atoms with van der Waals surface area (Å²) in [5.41, 5.74) is 3.45. The van der Waals surface area contributed by atoms with Crippen molar-refractivity contribution in [1.82, 2.24) is 0 Å². The van der Waals surface area contributed by atoms with Gasteiger partial charge in [0.25, 0.3) is 0 Å². The average molecular weight is 450 g/mol. The average Bonchev–Trinajstić information content (AvgIpc) is 2.49. The third-order valence-electron chi connectivity index (χ3n) is 3.11. The van der Waals surface area contributed by atoms with Gasteiger partial charge in [0.2, 0.25) is 0 Å². The van der Waals surface area contributed by atoms with E-state index in [0.29, 0.717) is 26.1 Å². The summed E-state index contributed by atoms with van der Waals surface area (Å²) in [4.78, 5) is 9.39. The van der Waals surface area contributed by atoms with Gasteiger partial charge in [-0.2, -0.15) is 0 Å².